The van der Waals surface area contributed by atoms with Crippen LogP contribution >= 0.6 is 11.3 Å². The fourth-order valence-electron chi connectivity index (χ4n) is 2.71. The lowest BCUT2D eigenvalue weighted by molar-refractivity contribution is 0.286. The molecule has 18 heavy (non-hydrogen) atoms. The summed E-state index contributed by atoms with van der Waals surface area (Å²) in [5.74, 6) is 0. The van der Waals surface area contributed by atoms with Crippen molar-refractivity contribution in [1.82, 2.24) is 10.2 Å². The van der Waals surface area contributed by atoms with E-state index in [0.29, 0.717) is 5.41 Å². The van der Waals surface area contributed by atoms with E-state index in [-0.39, 0.29) is 0 Å². The molecule has 3 heteroatoms. The molecule has 2 aliphatic rings. The molecular formula is C15H24N2S. The second kappa shape index (κ2) is 4.95. The van der Waals surface area contributed by atoms with E-state index in [1.54, 1.807) is 0 Å². The Morgan fingerprint density at radius 2 is 2.11 bits per heavy atom. The molecule has 0 amide bonds. The van der Waals surface area contributed by atoms with Crippen LogP contribution in [0.4, 0.5) is 0 Å². The first-order chi connectivity index (χ1) is 8.61. The van der Waals surface area contributed by atoms with Crippen molar-refractivity contribution in [3.8, 4) is 0 Å². The summed E-state index contributed by atoms with van der Waals surface area (Å²) in [6, 6.07) is 5.44. The van der Waals surface area contributed by atoms with Gasteiger partial charge >= 0.3 is 0 Å². The van der Waals surface area contributed by atoms with Crippen LogP contribution in [0.3, 0.4) is 0 Å². The van der Waals surface area contributed by atoms with Crippen molar-refractivity contribution in [2.75, 3.05) is 13.1 Å². The summed E-state index contributed by atoms with van der Waals surface area (Å²) in [5.41, 5.74) is 0.521. The summed E-state index contributed by atoms with van der Waals surface area (Å²) < 4.78 is 0. The first-order valence-corrected chi connectivity index (χ1v) is 7.96. The van der Waals surface area contributed by atoms with Gasteiger partial charge in [0.2, 0.25) is 0 Å². The Balaban J connectivity index is 1.50. The average molecular weight is 264 g/mol. The Hall–Kier alpha value is -0.380. The molecular weight excluding hydrogens is 240 g/mol. The number of nitrogens with zero attached hydrogens (tertiary/aromatic N) is 1. The van der Waals surface area contributed by atoms with E-state index < -0.39 is 0 Å². The van der Waals surface area contributed by atoms with Crippen LogP contribution in [-0.4, -0.2) is 24.0 Å². The number of thiophene rings is 1. The minimum absolute atomic E-state index is 0.521. The number of likely N-dealkylation sites (tertiary alicyclic amines) is 1. The van der Waals surface area contributed by atoms with E-state index in [1.165, 1.54) is 42.1 Å². The minimum Gasteiger partial charge on any atom is -0.309 e. The SMILES string of the molecule is CC1(C)CCN(Cc2ccc(CNC3CC3)s2)C1. The molecule has 0 unspecified atom stereocenters. The minimum atomic E-state index is 0.521. The molecule has 0 aromatic carbocycles. The molecule has 0 bridgehead atoms. The summed E-state index contributed by atoms with van der Waals surface area (Å²) in [6.07, 6.45) is 4.09. The molecule has 1 aromatic heterocycles. The molecule has 1 aliphatic heterocycles. The van der Waals surface area contributed by atoms with Crippen LogP contribution in [0.15, 0.2) is 12.1 Å². The van der Waals surface area contributed by atoms with Gasteiger partial charge in [-0.2, -0.15) is 0 Å². The van der Waals surface area contributed by atoms with Gasteiger partial charge in [-0.3, -0.25) is 4.90 Å². The summed E-state index contributed by atoms with van der Waals surface area (Å²) in [6.45, 7) is 9.50. The van der Waals surface area contributed by atoms with E-state index in [0.717, 1.165) is 19.1 Å². The third-order valence-corrected chi connectivity index (χ3v) is 5.07. The molecule has 1 aliphatic carbocycles. The first-order valence-electron chi connectivity index (χ1n) is 7.14. The fourth-order valence-corrected chi connectivity index (χ4v) is 3.73. The van der Waals surface area contributed by atoms with E-state index in [4.69, 9.17) is 0 Å². The van der Waals surface area contributed by atoms with Gasteiger partial charge < -0.3 is 5.32 Å². The van der Waals surface area contributed by atoms with Gasteiger partial charge in [0.25, 0.3) is 0 Å². The lowest BCUT2D eigenvalue weighted by Crippen LogP contribution is -2.22. The van der Waals surface area contributed by atoms with E-state index in [1.807, 2.05) is 11.3 Å². The Morgan fingerprint density at radius 3 is 2.78 bits per heavy atom. The van der Waals surface area contributed by atoms with Gasteiger partial charge in [-0.25, -0.2) is 0 Å². The quantitative estimate of drug-likeness (QED) is 0.878. The molecule has 2 heterocycles. The molecule has 0 atom stereocenters. The van der Waals surface area contributed by atoms with Gasteiger partial charge in [0.1, 0.15) is 0 Å². The standard InChI is InChI=1S/C15H24N2S/c1-15(2)7-8-17(11-15)10-14-6-5-13(18-14)9-16-12-3-4-12/h5-6,12,16H,3-4,7-11H2,1-2H3. The van der Waals surface area contributed by atoms with E-state index >= 15 is 0 Å². The van der Waals surface area contributed by atoms with Crippen LogP contribution in [0, 0.1) is 5.41 Å². The Kier molecular flexibility index (Phi) is 3.48. The second-order valence-electron chi connectivity index (χ2n) is 6.65. The molecule has 2 nitrogen and oxygen atoms in total. The third-order valence-electron chi connectivity index (χ3n) is 4.00. The van der Waals surface area contributed by atoms with Gasteiger partial charge in [-0.05, 0) is 43.4 Å². The van der Waals surface area contributed by atoms with Crippen LogP contribution in [0.25, 0.3) is 0 Å². The highest BCUT2D eigenvalue weighted by Gasteiger charge is 2.29. The fraction of sp³-hybridized carbons (Fsp3) is 0.733. The molecule has 1 N–H and O–H groups in total. The Labute approximate surface area is 114 Å². The maximum Gasteiger partial charge on any atom is 0.0328 e. The Bertz CT molecular complexity index is 406. The van der Waals surface area contributed by atoms with Gasteiger partial charge in [0.15, 0.2) is 0 Å². The lowest BCUT2D eigenvalue weighted by Gasteiger charge is -2.18. The zero-order valence-corrected chi connectivity index (χ0v) is 12.4. The number of hydrogen-bond acceptors (Lipinski definition) is 3. The first kappa shape index (κ1) is 12.6. The molecule has 1 saturated carbocycles. The number of nitrogens with one attached hydrogen (secondary N) is 1. The summed E-state index contributed by atoms with van der Waals surface area (Å²) in [7, 11) is 0. The third kappa shape index (κ3) is 3.34. The molecule has 0 spiro atoms. The van der Waals surface area contributed by atoms with Crippen LogP contribution < -0.4 is 5.32 Å². The molecule has 3 rings (SSSR count). The van der Waals surface area contributed by atoms with Crippen LogP contribution in [0.2, 0.25) is 0 Å². The van der Waals surface area contributed by atoms with Crippen molar-refractivity contribution in [1.29, 1.82) is 0 Å². The van der Waals surface area contributed by atoms with Gasteiger partial charge in [-0.1, -0.05) is 13.8 Å². The van der Waals surface area contributed by atoms with Crippen molar-refractivity contribution >= 4 is 11.3 Å². The molecule has 1 aromatic rings. The molecule has 0 radical (unpaired) electrons. The van der Waals surface area contributed by atoms with Crippen molar-refractivity contribution in [2.45, 2.75) is 52.2 Å². The number of rotatable bonds is 5. The lowest BCUT2D eigenvalue weighted by atomic mass is 9.93. The summed E-state index contributed by atoms with van der Waals surface area (Å²) >= 11 is 1.99. The van der Waals surface area contributed by atoms with Gasteiger partial charge in [0, 0.05) is 35.4 Å². The molecule has 1 saturated heterocycles. The number of hydrogen-bond donors (Lipinski definition) is 1. The van der Waals surface area contributed by atoms with Crippen LogP contribution in [0.1, 0.15) is 42.9 Å². The second-order valence-corrected chi connectivity index (χ2v) is 7.90. The van der Waals surface area contributed by atoms with Gasteiger partial charge in [-0.15, -0.1) is 11.3 Å². The van der Waals surface area contributed by atoms with Gasteiger partial charge in [0.05, 0.1) is 0 Å². The monoisotopic (exact) mass is 264 g/mol. The smallest absolute Gasteiger partial charge is 0.0328 e. The highest BCUT2D eigenvalue weighted by atomic mass is 32.1. The van der Waals surface area contributed by atoms with Crippen molar-refractivity contribution in [3.05, 3.63) is 21.9 Å². The normalized spacial score (nSPS) is 23.7. The van der Waals surface area contributed by atoms with Crippen LogP contribution in [-0.2, 0) is 13.1 Å². The molecule has 100 valence electrons. The zero-order valence-electron chi connectivity index (χ0n) is 11.5. The predicted molar refractivity (Wildman–Crippen MR) is 77.9 cm³/mol. The highest BCUT2D eigenvalue weighted by Crippen LogP contribution is 2.31. The zero-order chi connectivity index (χ0) is 12.6. The largest absolute Gasteiger partial charge is 0.309 e. The van der Waals surface area contributed by atoms with Crippen LogP contribution in [0.5, 0.6) is 0 Å². The average Bonchev–Trinajstić information content (AvgIpc) is 2.94. The summed E-state index contributed by atoms with van der Waals surface area (Å²) in [4.78, 5) is 5.62. The van der Waals surface area contributed by atoms with Crippen molar-refractivity contribution < 1.29 is 0 Å². The van der Waals surface area contributed by atoms with Crippen molar-refractivity contribution in [2.24, 2.45) is 5.41 Å². The molecule has 2 fully saturated rings. The Morgan fingerprint density at radius 1 is 1.33 bits per heavy atom. The topological polar surface area (TPSA) is 15.3 Å². The maximum absolute atomic E-state index is 3.59. The van der Waals surface area contributed by atoms with E-state index in [2.05, 4.69) is 36.2 Å². The summed E-state index contributed by atoms with van der Waals surface area (Å²) in [5, 5.41) is 3.59. The predicted octanol–water partition coefficient (Wildman–Crippen LogP) is 3.23. The van der Waals surface area contributed by atoms with E-state index in [9.17, 15) is 0 Å². The van der Waals surface area contributed by atoms with Crippen molar-refractivity contribution in [3.63, 3.8) is 0 Å². The maximum atomic E-state index is 3.59. The highest BCUT2D eigenvalue weighted by molar-refractivity contribution is 7.11.